The van der Waals surface area contributed by atoms with Crippen molar-refractivity contribution in [1.82, 2.24) is 0 Å². The summed E-state index contributed by atoms with van der Waals surface area (Å²) in [5.74, 6) is -0.750. The fourth-order valence-electron chi connectivity index (χ4n) is 2.24. The maximum absolute atomic E-state index is 9.28. The Kier molecular flexibility index (Phi) is 2.56. The molecule has 0 aliphatic carbocycles. The van der Waals surface area contributed by atoms with Gasteiger partial charge in [-0.15, -0.1) is 0 Å². The number of aliphatic hydroxyl groups excluding tert-OH is 2. The summed E-state index contributed by atoms with van der Waals surface area (Å²) >= 11 is 0. The van der Waals surface area contributed by atoms with Gasteiger partial charge in [0.15, 0.2) is 12.1 Å². The van der Waals surface area contributed by atoms with Gasteiger partial charge in [0, 0.05) is 5.92 Å². The zero-order chi connectivity index (χ0) is 11.3. The second kappa shape index (κ2) is 3.40. The lowest BCUT2D eigenvalue weighted by Crippen LogP contribution is -2.45. The largest absolute Gasteiger partial charge is 0.393 e. The van der Waals surface area contributed by atoms with Crippen LogP contribution in [0.5, 0.6) is 0 Å². The van der Waals surface area contributed by atoms with Crippen molar-refractivity contribution in [3.63, 3.8) is 0 Å². The van der Waals surface area contributed by atoms with Crippen LogP contribution >= 0.6 is 0 Å². The first-order chi connectivity index (χ1) is 6.94. The van der Waals surface area contributed by atoms with E-state index in [9.17, 15) is 10.2 Å². The van der Waals surface area contributed by atoms with E-state index in [-0.39, 0.29) is 25.2 Å². The third kappa shape index (κ3) is 1.59. The van der Waals surface area contributed by atoms with Crippen LogP contribution in [-0.4, -0.2) is 47.2 Å². The Bertz CT molecular complexity index is 248. The highest BCUT2D eigenvalue weighted by Gasteiger charge is 2.59. The molecule has 0 radical (unpaired) electrons. The first-order valence-electron chi connectivity index (χ1n) is 5.19. The van der Waals surface area contributed by atoms with E-state index in [2.05, 4.69) is 0 Å². The lowest BCUT2D eigenvalue weighted by atomic mass is 9.88. The van der Waals surface area contributed by atoms with Crippen molar-refractivity contribution < 1.29 is 24.4 Å². The minimum atomic E-state index is -0.939. The van der Waals surface area contributed by atoms with Crippen LogP contribution in [0.25, 0.3) is 0 Å². The van der Waals surface area contributed by atoms with Crippen molar-refractivity contribution in [3.8, 4) is 0 Å². The summed E-state index contributed by atoms with van der Waals surface area (Å²) in [5.41, 5.74) is -0.939. The topological polar surface area (TPSA) is 68.2 Å². The van der Waals surface area contributed by atoms with Gasteiger partial charge in [0.2, 0.25) is 0 Å². The van der Waals surface area contributed by atoms with Gasteiger partial charge in [0.25, 0.3) is 0 Å². The van der Waals surface area contributed by atoms with Gasteiger partial charge < -0.3 is 24.4 Å². The molecule has 15 heavy (non-hydrogen) atoms. The van der Waals surface area contributed by atoms with Gasteiger partial charge in [-0.3, -0.25) is 0 Å². The monoisotopic (exact) mass is 218 g/mol. The van der Waals surface area contributed by atoms with Gasteiger partial charge in [-0.25, -0.2) is 0 Å². The molecular formula is C10H18O5. The molecule has 0 spiro atoms. The van der Waals surface area contributed by atoms with Crippen molar-refractivity contribution in [2.24, 2.45) is 5.92 Å². The van der Waals surface area contributed by atoms with E-state index in [0.29, 0.717) is 0 Å². The average Bonchev–Trinajstić information content (AvgIpc) is 2.59. The number of ether oxygens (including phenoxy) is 3. The molecule has 0 bridgehead atoms. The summed E-state index contributed by atoms with van der Waals surface area (Å²) in [6.07, 6.45) is -0.714. The second-order valence-electron chi connectivity index (χ2n) is 4.76. The van der Waals surface area contributed by atoms with Crippen molar-refractivity contribution in [1.29, 1.82) is 0 Å². The molecule has 0 amide bonds. The summed E-state index contributed by atoms with van der Waals surface area (Å²) in [6.45, 7) is 5.07. The lowest BCUT2D eigenvalue weighted by Gasteiger charge is -2.31. The molecule has 2 aliphatic rings. The first kappa shape index (κ1) is 11.3. The SMILES string of the molecule is CC1C2OC(C)(C)O[C@@H]2OC1(CO)CO. The molecule has 2 fully saturated rings. The lowest BCUT2D eigenvalue weighted by molar-refractivity contribution is -0.244. The van der Waals surface area contributed by atoms with Gasteiger partial charge in [-0.1, -0.05) is 6.92 Å². The predicted molar refractivity (Wildman–Crippen MR) is 51.0 cm³/mol. The van der Waals surface area contributed by atoms with Crippen molar-refractivity contribution in [2.75, 3.05) is 13.2 Å². The highest BCUT2D eigenvalue weighted by atomic mass is 16.8. The molecule has 0 saturated carbocycles. The summed E-state index contributed by atoms with van der Waals surface area (Å²) in [7, 11) is 0. The molecule has 2 saturated heterocycles. The molecule has 5 heteroatoms. The van der Waals surface area contributed by atoms with Crippen LogP contribution in [0, 0.1) is 5.92 Å². The highest BCUT2D eigenvalue weighted by Crippen LogP contribution is 2.45. The number of hydrogen-bond acceptors (Lipinski definition) is 5. The quantitative estimate of drug-likeness (QED) is 0.675. The van der Waals surface area contributed by atoms with Gasteiger partial charge in [-0.05, 0) is 13.8 Å². The molecule has 2 rings (SSSR count). The fourth-order valence-corrected chi connectivity index (χ4v) is 2.24. The van der Waals surface area contributed by atoms with Crippen LogP contribution in [0.3, 0.4) is 0 Å². The molecule has 2 N–H and O–H groups in total. The smallest absolute Gasteiger partial charge is 0.188 e. The van der Waals surface area contributed by atoms with E-state index in [4.69, 9.17) is 14.2 Å². The maximum Gasteiger partial charge on any atom is 0.188 e. The molecule has 2 unspecified atom stereocenters. The standard InChI is InChI=1S/C10H18O5/c1-6-7-8(14-9(2,3)13-7)15-10(6,4-11)5-12/h6-8,11-12H,4-5H2,1-3H3/t6?,7?,8-/m1/s1. The third-order valence-corrected chi connectivity index (χ3v) is 3.30. The summed E-state index contributed by atoms with van der Waals surface area (Å²) in [4.78, 5) is 0. The Balaban J connectivity index is 2.17. The Morgan fingerprint density at radius 1 is 1.07 bits per heavy atom. The van der Waals surface area contributed by atoms with E-state index < -0.39 is 17.7 Å². The number of aliphatic hydroxyl groups is 2. The first-order valence-corrected chi connectivity index (χ1v) is 5.19. The molecule has 5 nitrogen and oxygen atoms in total. The number of rotatable bonds is 2. The molecule has 2 aliphatic heterocycles. The van der Waals surface area contributed by atoms with Crippen LogP contribution < -0.4 is 0 Å². The molecule has 0 aromatic heterocycles. The van der Waals surface area contributed by atoms with E-state index in [1.165, 1.54) is 0 Å². The van der Waals surface area contributed by atoms with Gasteiger partial charge in [0.1, 0.15) is 11.7 Å². The third-order valence-electron chi connectivity index (χ3n) is 3.30. The highest BCUT2D eigenvalue weighted by molar-refractivity contribution is 5.00. The van der Waals surface area contributed by atoms with Gasteiger partial charge in [0.05, 0.1) is 13.2 Å². The van der Waals surface area contributed by atoms with E-state index in [1.54, 1.807) is 0 Å². The zero-order valence-corrected chi connectivity index (χ0v) is 9.27. The predicted octanol–water partition coefficient (Wildman–Crippen LogP) is -0.146. The summed E-state index contributed by atoms with van der Waals surface area (Å²) in [6, 6.07) is 0. The van der Waals surface area contributed by atoms with Crippen molar-refractivity contribution in [3.05, 3.63) is 0 Å². The van der Waals surface area contributed by atoms with E-state index >= 15 is 0 Å². The maximum atomic E-state index is 9.28. The minimum absolute atomic E-state index is 0.0979. The van der Waals surface area contributed by atoms with Crippen LogP contribution in [0.1, 0.15) is 20.8 Å². The molecule has 88 valence electrons. The Morgan fingerprint density at radius 3 is 2.13 bits per heavy atom. The van der Waals surface area contributed by atoms with Crippen molar-refractivity contribution in [2.45, 2.75) is 44.6 Å². The van der Waals surface area contributed by atoms with Crippen LogP contribution in [-0.2, 0) is 14.2 Å². The normalized spacial score (nSPS) is 41.8. The van der Waals surface area contributed by atoms with Gasteiger partial charge in [-0.2, -0.15) is 0 Å². The summed E-state index contributed by atoms with van der Waals surface area (Å²) in [5, 5.41) is 18.6. The average molecular weight is 218 g/mol. The van der Waals surface area contributed by atoms with Gasteiger partial charge >= 0.3 is 0 Å². The van der Waals surface area contributed by atoms with Crippen molar-refractivity contribution >= 4 is 0 Å². The molecule has 0 aromatic carbocycles. The minimum Gasteiger partial charge on any atom is -0.393 e. The number of hydrogen-bond donors (Lipinski definition) is 2. The van der Waals surface area contributed by atoms with E-state index in [1.807, 2.05) is 20.8 Å². The number of fused-ring (bicyclic) bond motifs is 1. The summed E-state index contributed by atoms with van der Waals surface area (Å²) < 4.78 is 16.8. The molecule has 0 aromatic rings. The van der Waals surface area contributed by atoms with Crippen LogP contribution in [0.4, 0.5) is 0 Å². The van der Waals surface area contributed by atoms with E-state index in [0.717, 1.165) is 0 Å². The van der Waals surface area contributed by atoms with Crippen LogP contribution in [0.2, 0.25) is 0 Å². The molecule has 2 heterocycles. The Morgan fingerprint density at radius 2 is 1.67 bits per heavy atom. The molecular weight excluding hydrogens is 200 g/mol. The second-order valence-corrected chi connectivity index (χ2v) is 4.76. The zero-order valence-electron chi connectivity index (χ0n) is 9.27. The van der Waals surface area contributed by atoms with Crippen LogP contribution in [0.15, 0.2) is 0 Å². The molecule has 3 atom stereocenters. The fraction of sp³-hybridized carbons (Fsp3) is 1.00. The Labute approximate surface area is 88.9 Å². The Hall–Kier alpha value is -0.200.